The fraction of sp³-hybridized carbons (Fsp3) is 0.304. The highest BCUT2D eigenvalue weighted by Gasteiger charge is 2.28. The average Bonchev–Trinajstić information content (AvgIpc) is 3.37. The number of amides is 1. The fourth-order valence-corrected chi connectivity index (χ4v) is 4.51. The molecule has 35 heavy (non-hydrogen) atoms. The number of anilines is 1. The number of benzene rings is 1. The maximum Gasteiger partial charge on any atom is 0.348 e. The van der Waals surface area contributed by atoms with Crippen molar-refractivity contribution in [2.75, 3.05) is 11.9 Å². The van der Waals surface area contributed by atoms with Crippen molar-refractivity contribution in [2.45, 2.75) is 40.5 Å². The van der Waals surface area contributed by atoms with E-state index < -0.39 is 17.8 Å². The molecule has 1 N–H and O–H groups in total. The summed E-state index contributed by atoms with van der Waals surface area (Å²) in [5, 5.41) is 7.84. The quantitative estimate of drug-likeness (QED) is 0.353. The second-order valence-corrected chi connectivity index (χ2v) is 9.34. The van der Waals surface area contributed by atoms with Crippen LogP contribution in [0.2, 0.25) is 10.0 Å². The first-order valence-corrected chi connectivity index (χ1v) is 12.1. The second-order valence-electron chi connectivity index (χ2n) is 7.48. The summed E-state index contributed by atoms with van der Waals surface area (Å²) in [5.74, 6) is -1.41. The van der Waals surface area contributed by atoms with Crippen LogP contribution in [0.4, 0.5) is 5.00 Å². The van der Waals surface area contributed by atoms with E-state index in [-0.39, 0.29) is 40.6 Å². The summed E-state index contributed by atoms with van der Waals surface area (Å²) in [5.41, 5.74) is 0.538. The maximum absolute atomic E-state index is 12.9. The number of rotatable bonds is 9. The predicted octanol–water partition coefficient (Wildman–Crippen LogP) is 5.59. The Labute approximate surface area is 215 Å². The molecule has 12 heteroatoms. The van der Waals surface area contributed by atoms with Gasteiger partial charge < -0.3 is 19.5 Å². The molecule has 3 rings (SSSR count). The first kappa shape index (κ1) is 26.5. The van der Waals surface area contributed by atoms with Crippen molar-refractivity contribution in [1.82, 2.24) is 9.78 Å². The molecule has 0 saturated heterocycles. The third-order valence-electron chi connectivity index (χ3n) is 4.50. The van der Waals surface area contributed by atoms with E-state index in [4.69, 9.17) is 37.4 Å². The predicted molar refractivity (Wildman–Crippen MR) is 133 cm³/mol. The molecule has 0 saturated carbocycles. The Morgan fingerprint density at radius 2 is 1.91 bits per heavy atom. The minimum absolute atomic E-state index is 0.00822. The number of hydrogen-bond acceptors (Lipinski definition) is 8. The molecule has 0 fully saturated rings. The van der Waals surface area contributed by atoms with E-state index >= 15 is 0 Å². The van der Waals surface area contributed by atoms with Crippen molar-refractivity contribution in [3.8, 4) is 5.75 Å². The summed E-state index contributed by atoms with van der Waals surface area (Å²) in [7, 11) is 0. The number of hydrogen-bond donors (Lipinski definition) is 1. The summed E-state index contributed by atoms with van der Waals surface area (Å²) >= 11 is 12.9. The molecule has 0 aliphatic heterocycles. The normalized spacial score (nSPS) is 10.8. The maximum atomic E-state index is 12.9. The Morgan fingerprint density at radius 3 is 2.57 bits per heavy atom. The molecule has 0 unspecified atom stereocenters. The van der Waals surface area contributed by atoms with Gasteiger partial charge in [-0.05, 0) is 57.5 Å². The Morgan fingerprint density at radius 1 is 1.17 bits per heavy atom. The van der Waals surface area contributed by atoms with Crippen LogP contribution in [-0.2, 0) is 16.2 Å². The molecule has 0 spiro atoms. The third kappa shape index (κ3) is 6.53. The van der Waals surface area contributed by atoms with Gasteiger partial charge in [0.15, 0.2) is 12.4 Å². The summed E-state index contributed by atoms with van der Waals surface area (Å²) in [4.78, 5) is 38.1. The molecule has 1 aromatic carbocycles. The lowest BCUT2D eigenvalue weighted by Crippen LogP contribution is -2.17. The van der Waals surface area contributed by atoms with E-state index in [0.717, 1.165) is 11.3 Å². The fourth-order valence-electron chi connectivity index (χ4n) is 2.96. The van der Waals surface area contributed by atoms with Crippen LogP contribution in [0, 0.1) is 6.92 Å². The number of ether oxygens (including phenoxy) is 3. The Balaban J connectivity index is 1.78. The molecule has 0 aliphatic rings. The van der Waals surface area contributed by atoms with Gasteiger partial charge in [0, 0.05) is 11.2 Å². The zero-order valence-corrected chi connectivity index (χ0v) is 21.7. The number of aromatic nitrogens is 2. The topological polar surface area (TPSA) is 109 Å². The van der Waals surface area contributed by atoms with Crippen LogP contribution >= 0.6 is 34.5 Å². The smallest absolute Gasteiger partial charge is 0.348 e. The van der Waals surface area contributed by atoms with E-state index in [1.807, 2.05) is 0 Å². The monoisotopic (exact) mass is 539 g/mol. The molecular weight excluding hydrogens is 517 g/mol. The van der Waals surface area contributed by atoms with Crippen molar-refractivity contribution >= 4 is 57.4 Å². The van der Waals surface area contributed by atoms with Crippen molar-refractivity contribution in [1.29, 1.82) is 0 Å². The van der Waals surface area contributed by atoms with Crippen molar-refractivity contribution < 1.29 is 28.6 Å². The molecule has 186 valence electrons. The first-order chi connectivity index (χ1) is 16.6. The second kappa shape index (κ2) is 11.6. The van der Waals surface area contributed by atoms with Gasteiger partial charge in [-0.25, -0.2) is 14.3 Å². The van der Waals surface area contributed by atoms with E-state index in [1.54, 1.807) is 52.1 Å². The SMILES string of the molecule is CCOC(=O)c1sc(NC(=O)c2ccn(COc3ccc(Cl)cc3Cl)n2)c(C(=O)OC(C)C)c1C. The Bertz CT molecular complexity index is 1250. The molecule has 0 aliphatic carbocycles. The molecule has 1 amide bonds. The van der Waals surface area contributed by atoms with Gasteiger partial charge in [0.1, 0.15) is 15.6 Å². The van der Waals surface area contributed by atoms with Crippen LogP contribution in [-0.4, -0.2) is 40.3 Å². The van der Waals surface area contributed by atoms with Crippen LogP contribution in [0.25, 0.3) is 0 Å². The molecule has 0 radical (unpaired) electrons. The van der Waals surface area contributed by atoms with E-state index in [1.165, 1.54) is 10.7 Å². The largest absolute Gasteiger partial charge is 0.470 e. The lowest BCUT2D eigenvalue weighted by molar-refractivity contribution is 0.0379. The third-order valence-corrected chi connectivity index (χ3v) is 6.22. The van der Waals surface area contributed by atoms with Gasteiger partial charge in [-0.15, -0.1) is 11.3 Å². The van der Waals surface area contributed by atoms with E-state index in [0.29, 0.717) is 21.4 Å². The molecule has 0 bridgehead atoms. The van der Waals surface area contributed by atoms with Gasteiger partial charge in [-0.1, -0.05) is 23.2 Å². The number of carbonyl (C=O) groups is 3. The summed E-state index contributed by atoms with van der Waals surface area (Å²) in [6, 6.07) is 6.30. The number of thiophene rings is 1. The van der Waals surface area contributed by atoms with Gasteiger partial charge in [-0.2, -0.15) is 5.10 Å². The summed E-state index contributed by atoms with van der Waals surface area (Å²) in [6.07, 6.45) is 1.16. The molecular formula is C23H23Cl2N3O6S. The van der Waals surface area contributed by atoms with Crippen LogP contribution in [0.15, 0.2) is 30.5 Å². The van der Waals surface area contributed by atoms with Crippen molar-refractivity contribution in [2.24, 2.45) is 0 Å². The highest BCUT2D eigenvalue weighted by Crippen LogP contribution is 2.35. The van der Waals surface area contributed by atoms with Crippen molar-refractivity contribution in [3.05, 3.63) is 62.2 Å². The number of nitrogens with one attached hydrogen (secondary N) is 1. The zero-order chi connectivity index (χ0) is 25.7. The van der Waals surface area contributed by atoms with Crippen LogP contribution in [0.1, 0.15) is 56.9 Å². The Hall–Kier alpha value is -3.08. The van der Waals surface area contributed by atoms with Gasteiger partial charge in [0.05, 0.1) is 23.3 Å². The van der Waals surface area contributed by atoms with E-state index in [9.17, 15) is 14.4 Å². The van der Waals surface area contributed by atoms with Gasteiger partial charge in [0.25, 0.3) is 5.91 Å². The van der Waals surface area contributed by atoms with Crippen LogP contribution in [0.5, 0.6) is 5.75 Å². The standard InChI is InChI=1S/C23H23Cl2N3O6S/c1-5-32-23(31)19-13(4)18(22(30)34-12(2)3)21(35-19)26-20(29)16-8-9-28(27-16)11-33-17-7-6-14(24)10-15(17)25/h6-10,12H,5,11H2,1-4H3,(H,26,29). The number of halogens is 2. The molecule has 0 atom stereocenters. The van der Waals surface area contributed by atoms with Crippen molar-refractivity contribution in [3.63, 3.8) is 0 Å². The average molecular weight is 540 g/mol. The molecule has 2 aromatic heterocycles. The van der Waals surface area contributed by atoms with Crippen LogP contribution < -0.4 is 10.1 Å². The summed E-state index contributed by atoms with van der Waals surface area (Å²) < 4.78 is 17.4. The molecule has 2 heterocycles. The number of carbonyl (C=O) groups excluding carboxylic acids is 3. The Kier molecular flexibility index (Phi) is 8.76. The first-order valence-electron chi connectivity index (χ1n) is 10.5. The number of nitrogens with zero attached hydrogens (tertiary/aromatic N) is 2. The van der Waals surface area contributed by atoms with Gasteiger partial charge >= 0.3 is 11.9 Å². The minimum atomic E-state index is -0.654. The number of esters is 2. The lowest BCUT2D eigenvalue weighted by atomic mass is 10.1. The molecule has 9 nitrogen and oxygen atoms in total. The highest BCUT2D eigenvalue weighted by atomic mass is 35.5. The highest BCUT2D eigenvalue weighted by molar-refractivity contribution is 7.18. The van der Waals surface area contributed by atoms with E-state index in [2.05, 4.69) is 10.4 Å². The van der Waals surface area contributed by atoms with Gasteiger partial charge in [0.2, 0.25) is 0 Å². The lowest BCUT2D eigenvalue weighted by Gasteiger charge is -2.10. The zero-order valence-electron chi connectivity index (χ0n) is 19.4. The molecule has 3 aromatic rings. The summed E-state index contributed by atoms with van der Waals surface area (Å²) in [6.45, 7) is 6.85. The van der Waals surface area contributed by atoms with Gasteiger partial charge in [-0.3, -0.25) is 4.79 Å². The van der Waals surface area contributed by atoms with Crippen LogP contribution in [0.3, 0.4) is 0 Å². The minimum Gasteiger partial charge on any atom is -0.470 e.